The fraction of sp³-hybridized carbons (Fsp3) is 0.722. The summed E-state index contributed by atoms with van der Waals surface area (Å²) in [7, 11) is 0. The lowest BCUT2D eigenvalue weighted by molar-refractivity contribution is -0.459. The van der Waals surface area contributed by atoms with Crippen molar-refractivity contribution >= 4 is 41.0 Å². The molecule has 2 unspecified atom stereocenters. The Bertz CT molecular complexity index is 1820. The van der Waals surface area contributed by atoms with E-state index >= 15 is 0 Å². The highest BCUT2D eigenvalue weighted by Gasteiger charge is 2.65. The van der Waals surface area contributed by atoms with Gasteiger partial charge in [0.05, 0.1) is 29.1 Å². The zero-order chi connectivity index (χ0) is 49.2. The summed E-state index contributed by atoms with van der Waals surface area (Å²) in [6.07, 6.45) is 9.70. The van der Waals surface area contributed by atoms with Gasteiger partial charge in [0.15, 0.2) is 0 Å². The Labute approximate surface area is 416 Å². The van der Waals surface area contributed by atoms with E-state index in [-0.39, 0.29) is 69.7 Å². The van der Waals surface area contributed by atoms with Gasteiger partial charge in [-0.15, -0.1) is 23.2 Å². The number of nitrogens with zero attached hydrogens (tertiary/aromatic N) is 1. The summed E-state index contributed by atoms with van der Waals surface area (Å²) in [5.41, 5.74) is 5.40. The van der Waals surface area contributed by atoms with Gasteiger partial charge in [0.25, 0.3) is 0 Å². The van der Waals surface area contributed by atoms with Gasteiger partial charge in [-0.1, -0.05) is 137 Å². The van der Waals surface area contributed by atoms with Crippen molar-refractivity contribution in [3.05, 3.63) is 71.8 Å². The number of ether oxygens (including phenoxy) is 1. The number of quaternary nitrogens is 1. The van der Waals surface area contributed by atoms with Crippen molar-refractivity contribution in [2.24, 2.45) is 53.3 Å². The van der Waals surface area contributed by atoms with E-state index in [1.54, 1.807) is 34.6 Å². The van der Waals surface area contributed by atoms with Gasteiger partial charge in [0, 0.05) is 34.4 Å². The number of alkyl halides is 2. The molecule has 2 aromatic carbocycles. The molecule has 0 saturated heterocycles. The topological polar surface area (TPSA) is 144 Å². The Hall–Kier alpha value is -2.24. The molecule has 9 nitrogen and oxygen atoms in total. The van der Waals surface area contributed by atoms with E-state index in [0.29, 0.717) is 37.0 Å². The molecule has 0 spiro atoms. The summed E-state index contributed by atoms with van der Waals surface area (Å²) >= 11 is 13.6. The molecule has 66 heavy (non-hydrogen) atoms. The Morgan fingerprint density at radius 1 is 0.712 bits per heavy atom. The maximum absolute atomic E-state index is 12.5. The minimum Gasteiger partial charge on any atom is -1.00 e. The second-order valence-electron chi connectivity index (χ2n) is 21.1. The maximum atomic E-state index is 12.5. The fourth-order valence-electron chi connectivity index (χ4n) is 12.7. The molecule has 10 rings (SSSR count). The van der Waals surface area contributed by atoms with Crippen LogP contribution < -0.4 is 23.5 Å². The molecule has 12 heteroatoms. The molecule has 12 atom stereocenters. The largest absolute Gasteiger partial charge is 1.00 e. The average molecular weight is 981 g/mol. The first-order valence-electron chi connectivity index (χ1n) is 25.5. The van der Waals surface area contributed by atoms with Crippen LogP contribution in [-0.4, -0.2) is 73.5 Å². The molecule has 0 aromatic heterocycles. The fourth-order valence-corrected chi connectivity index (χ4v) is 14.0. The number of carbonyl (C=O) groups is 3. The van der Waals surface area contributed by atoms with Gasteiger partial charge in [-0.05, 0) is 113 Å². The van der Waals surface area contributed by atoms with E-state index in [0.717, 1.165) is 56.9 Å². The van der Waals surface area contributed by atoms with Crippen LogP contribution in [0.1, 0.15) is 165 Å². The third-order valence-electron chi connectivity index (χ3n) is 15.1. The third-order valence-corrected chi connectivity index (χ3v) is 16.0. The van der Waals surface area contributed by atoms with Crippen LogP contribution in [0.3, 0.4) is 0 Å². The summed E-state index contributed by atoms with van der Waals surface area (Å²) < 4.78 is 10.7. The van der Waals surface area contributed by atoms with Gasteiger partial charge in [-0.3, -0.25) is 14.4 Å². The maximum Gasteiger partial charge on any atom is 0.316 e. The number of esters is 2. The molecule has 8 fully saturated rings. The number of hydrogen-bond donors (Lipinski definition) is 4. The van der Waals surface area contributed by atoms with Crippen LogP contribution in [0.5, 0.6) is 0 Å². The van der Waals surface area contributed by atoms with Crippen molar-refractivity contribution in [3.8, 4) is 0 Å². The molecule has 0 aliphatic heterocycles. The van der Waals surface area contributed by atoms with Crippen LogP contribution in [0, 0.1) is 53.3 Å². The summed E-state index contributed by atoms with van der Waals surface area (Å²) in [4.78, 5) is 36.1. The van der Waals surface area contributed by atoms with E-state index in [1.165, 1.54) is 31.6 Å². The number of amides is 1. The second kappa shape index (κ2) is 25.0. The second-order valence-corrected chi connectivity index (χ2v) is 22.7. The Morgan fingerprint density at radius 2 is 1.11 bits per heavy atom. The minimum absolute atomic E-state index is 0. The molecule has 2 aromatic rings. The quantitative estimate of drug-likeness (QED) is 0.105. The van der Waals surface area contributed by atoms with Crippen LogP contribution in [0.2, 0.25) is 0 Å². The van der Waals surface area contributed by atoms with E-state index in [9.17, 15) is 24.6 Å². The van der Waals surface area contributed by atoms with Crippen molar-refractivity contribution in [3.63, 3.8) is 0 Å². The predicted octanol–water partition coefficient (Wildman–Crippen LogP) is 7.31. The molecular weight excluding hydrogens is 893 g/mol. The molecule has 8 aliphatic carbocycles. The number of carbonyl (C=O) groups excluding carboxylic acids is 3. The highest BCUT2D eigenvalue weighted by atomic mass is 35.5. The monoisotopic (exact) mass is 979 g/mol. The normalized spacial score (nSPS) is 32.7. The van der Waals surface area contributed by atoms with Crippen molar-refractivity contribution < 1.29 is 48.8 Å². The first kappa shape index (κ1) is 56.3. The zero-order valence-electron chi connectivity index (χ0n) is 42.8. The molecule has 1 amide bonds. The predicted molar refractivity (Wildman–Crippen MR) is 264 cm³/mol. The van der Waals surface area contributed by atoms with Crippen molar-refractivity contribution in [1.29, 1.82) is 0 Å². The highest BCUT2D eigenvalue weighted by Crippen LogP contribution is 2.65. The first-order chi connectivity index (χ1) is 31.0. The van der Waals surface area contributed by atoms with Crippen LogP contribution in [0.15, 0.2) is 60.7 Å². The van der Waals surface area contributed by atoms with Crippen LogP contribution >= 0.6 is 23.2 Å². The smallest absolute Gasteiger partial charge is 0.316 e. The lowest BCUT2D eigenvalue weighted by Gasteiger charge is -2.63. The summed E-state index contributed by atoms with van der Waals surface area (Å²) in [5.74, 6) is 0.983. The number of hydrogen-bond acceptors (Lipinski definition) is 7. The van der Waals surface area contributed by atoms with Crippen LogP contribution in [-0.2, 0) is 19.1 Å². The molecular formula is C54H86Cl3N3O6. The number of benzene rings is 2. The summed E-state index contributed by atoms with van der Waals surface area (Å²) in [6, 6.07) is 20.6. The molecule has 374 valence electrons. The number of aliphatic hydroxyl groups is 2. The lowest BCUT2D eigenvalue weighted by atomic mass is 9.47. The number of halogens is 3. The van der Waals surface area contributed by atoms with Crippen molar-refractivity contribution in [2.75, 3.05) is 19.6 Å². The molecule has 0 heterocycles. The molecule has 6 N–H and O–H groups in total. The van der Waals surface area contributed by atoms with Gasteiger partial charge >= 0.3 is 11.9 Å². The lowest BCUT2D eigenvalue weighted by Crippen LogP contribution is -3.00. The zero-order valence-corrected chi connectivity index (χ0v) is 44.1. The average Bonchev–Trinajstić information content (AvgIpc) is 3.23. The van der Waals surface area contributed by atoms with E-state index in [1.807, 2.05) is 38.1 Å². The number of rotatable bonds is 11. The van der Waals surface area contributed by atoms with E-state index in [4.69, 9.17) is 24.6 Å². The van der Waals surface area contributed by atoms with Crippen LogP contribution in [0.25, 0.3) is 0 Å². The summed E-state index contributed by atoms with van der Waals surface area (Å²) in [5, 5.41) is 26.1. The van der Waals surface area contributed by atoms with E-state index in [2.05, 4.69) is 77.9 Å². The van der Waals surface area contributed by atoms with Gasteiger partial charge < -0.3 is 43.3 Å². The van der Waals surface area contributed by atoms with Gasteiger partial charge in [0.2, 0.25) is 5.91 Å². The minimum atomic E-state index is -0.767. The SMILES string of the molecule is CC(C)C(=O)N[C@@H](c1ccccc1)[C@H]1C2C[C@H]3C[C@](Cl)(C2)C[C@@]1(O)C3.CC(C)C(=O)OC(=O)C(C)C.CCN(CC)CC.[2H]CC.[Cl-].[NH3+][C@@H](c1ccccc1)[C@H]1C2C[C@H]3C[C@](Cl)(C2)C[C@@]1(O)C3. The molecule has 0 radical (unpaired) electrons. The first-order valence-corrected chi connectivity index (χ1v) is 25.6. The van der Waals surface area contributed by atoms with Crippen molar-refractivity contribution in [2.45, 2.75) is 173 Å². The van der Waals surface area contributed by atoms with Crippen molar-refractivity contribution in [1.82, 2.24) is 10.2 Å². The van der Waals surface area contributed by atoms with Gasteiger partial charge in [-0.25, -0.2) is 0 Å². The number of nitrogens with one attached hydrogen (secondary N) is 1. The highest BCUT2D eigenvalue weighted by molar-refractivity contribution is 6.24. The molecule has 8 bridgehead atoms. The van der Waals surface area contributed by atoms with Crippen LogP contribution in [0.4, 0.5) is 0 Å². The Kier molecular flexibility index (Phi) is 21.4. The Morgan fingerprint density at radius 3 is 1.44 bits per heavy atom. The van der Waals surface area contributed by atoms with E-state index < -0.39 is 23.1 Å². The molecule has 8 saturated carbocycles. The standard InChI is InChI=1S/C21H28ClNO2.C17H22ClNO.C8H14O3.C6H15N.C2H6.ClH/c1-13(2)19(24)23-18(15-6-4-3-5-7-15)17-16-8-14-9-20(22,11-16)12-21(17,25)10-14;18-16-7-11-6-13(9-16)14(17(20,8-11)10-16)15(19)12-4-2-1-3-5-12;1-5(2)7(9)11-8(10)6(3)4;1-4-7(5-2)6-3;1-2;/h3-7,13-14,16-18,25H,8-12H2,1-2H3,(H,23,24);1-5,11,13-15,20H,6-10,19H2;5-6H,1-4H3;4-6H2,1-3H3;1-2H3;1H/t14-,16?,17+,18-,20-,21-;11-,13?,14+,15-,16-,17-;;;;/m00..../s1/i;;;;1D;. The van der Waals surface area contributed by atoms with Gasteiger partial charge in [0.1, 0.15) is 6.04 Å². The molecule has 8 aliphatic rings. The van der Waals surface area contributed by atoms with Gasteiger partial charge in [-0.2, -0.15) is 0 Å². The summed E-state index contributed by atoms with van der Waals surface area (Å²) in [6.45, 7) is 23.0. The Balaban J connectivity index is 0.000000253. The third kappa shape index (κ3) is 14.4.